The van der Waals surface area contributed by atoms with Gasteiger partial charge >= 0.3 is 12.1 Å². The fraction of sp³-hybridized carbons (Fsp3) is 0.548. The van der Waals surface area contributed by atoms with E-state index in [2.05, 4.69) is 23.5 Å². The number of carbonyl (C=O) groups is 2. The monoisotopic (exact) mass is 554 g/mol. The Hall–Kier alpha value is -3.14. The molecule has 0 saturated carbocycles. The van der Waals surface area contributed by atoms with E-state index in [1.807, 2.05) is 58.9 Å². The van der Waals surface area contributed by atoms with Crippen molar-refractivity contribution < 1.29 is 23.8 Å². The van der Waals surface area contributed by atoms with E-state index in [0.717, 1.165) is 36.1 Å². The summed E-state index contributed by atoms with van der Waals surface area (Å²) in [5.74, 6) is 0. The highest BCUT2D eigenvalue weighted by Crippen LogP contribution is 2.38. The van der Waals surface area contributed by atoms with Crippen LogP contribution in [0.2, 0.25) is 0 Å². The van der Waals surface area contributed by atoms with Gasteiger partial charge in [0.15, 0.2) is 0 Å². The summed E-state index contributed by atoms with van der Waals surface area (Å²) < 4.78 is 17.3. The summed E-state index contributed by atoms with van der Waals surface area (Å²) in [6.07, 6.45) is 2.24. The van der Waals surface area contributed by atoms with Crippen molar-refractivity contribution in [3.8, 4) is 11.1 Å². The highest BCUT2D eigenvalue weighted by molar-refractivity contribution is 5.89. The number of urea groups is 1. The van der Waals surface area contributed by atoms with Crippen LogP contribution in [-0.2, 0) is 27.2 Å². The Morgan fingerprint density at radius 1 is 0.875 bits per heavy atom. The third kappa shape index (κ3) is 7.74. The zero-order valence-corrected chi connectivity index (χ0v) is 24.8. The number of anilines is 1. The minimum atomic E-state index is -0.485. The van der Waals surface area contributed by atoms with Gasteiger partial charge in [0.2, 0.25) is 0 Å². The molecule has 0 aromatic heterocycles. The van der Waals surface area contributed by atoms with Gasteiger partial charge in [0.1, 0.15) is 5.60 Å². The van der Waals surface area contributed by atoms with E-state index < -0.39 is 5.60 Å². The lowest BCUT2D eigenvalue weighted by Gasteiger charge is -2.44. The van der Waals surface area contributed by atoms with Crippen molar-refractivity contribution in [3.05, 3.63) is 53.6 Å². The molecule has 2 aromatic rings. The minimum absolute atomic E-state index is 0. The lowest BCUT2D eigenvalue weighted by atomic mass is 9.81. The SMILES string of the molecule is CC.CC(C)(C)OC(=O)N1CCC2(CC1)Cc1ccc(-c3ccc(NC(=O)N4CCOCC4)cc3)cc1CO2.N. The number of hydrogen-bond acceptors (Lipinski definition) is 6. The molecule has 9 heteroatoms. The molecule has 0 aliphatic carbocycles. The zero-order chi connectivity index (χ0) is 28.0. The third-order valence-electron chi connectivity index (χ3n) is 7.35. The van der Waals surface area contributed by atoms with Crippen molar-refractivity contribution in [3.63, 3.8) is 0 Å². The first-order valence-electron chi connectivity index (χ1n) is 14.2. The molecule has 1 spiro atoms. The Morgan fingerprint density at radius 2 is 1.50 bits per heavy atom. The second kappa shape index (κ2) is 13.5. The molecule has 2 fully saturated rings. The van der Waals surface area contributed by atoms with Gasteiger partial charge in [-0.1, -0.05) is 38.1 Å². The number of nitrogens with one attached hydrogen (secondary N) is 1. The summed E-state index contributed by atoms with van der Waals surface area (Å²) in [6.45, 7) is 14.0. The van der Waals surface area contributed by atoms with Gasteiger partial charge in [0.25, 0.3) is 0 Å². The first-order chi connectivity index (χ1) is 18.7. The Balaban J connectivity index is 0.00000144. The average molecular weight is 555 g/mol. The Bertz CT molecular complexity index is 1130. The van der Waals surface area contributed by atoms with Crippen LogP contribution in [0.3, 0.4) is 0 Å². The summed E-state index contributed by atoms with van der Waals surface area (Å²) in [4.78, 5) is 28.4. The van der Waals surface area contributed by atoms with Gasteiger partial charge in [0, 0.05) is 38.3 Å². The number of rotatable bonds is 2. The van der Waals surface area contributed by atoms with Crippen molar-refractivity contribution in [1.82, 2.24) is 16.0 Å². The first kappa shape index (κ1) is 31.4. The zero-order valence-electron chi connectivity index (χ0n) is 24.8. The van der Waals surface area contributed by atoms with Gasteiger partial charge < -0.3 is 35.5 Å². The fourth-order valence-electron chi connectivity index (χ4n) is 5.20. The summed E-state index contributed by atoms with van der Waals surface area (Å²) in [6, 6.07) is 14.4. The summed E-state index contributed by atoms with van der Waals surface area (Å²) in [7, 11) is 0. The largest absolute Gasteiger partial charge is 0.444 e. The predicted molar refractivity (Wildman–Crippen MR) is 158 cm³/mol. The minimum Gasteiger partial charge on any atom is -0.444 e. The van der Waals surface area contributed by atoms with Crippen LogP contribution in [0.15, 0.2) is 42.5 Å². The number of ether oxygens (including phenoxy) is 3. The molecular weight excluding hydrogens is 508 g/mol. The smallest absolute Gasteiger partial charge is 0.410 e. The summed E-state index contributed by atoms with van der Waals surface area (Å²) >= 11 is 0. The number of morpholine rings is 1. The van der Waals surface area contributed by atoms with Crippen LogP contribution in [0, 0.1) is 0 Å². The van der Waals surface area contributed by atoms with Crippen LogP contribution in [0.4, 0.5) is 15.3 Å². The summed E-state index contributed by atoms with van der Waals surface area (Å²) in [5, 5.41) is 2.97. The van der Waals surface area contributed by atoms with E-state index in [1.165, 1.54) is 11.1 Å². The molecule has 220 valence electrons. The molecule has 3 heterocycles. The third-order valence-corrected chi connectivity index (χ3v) is 7.35. The molecule has 5 rings (SSSR count). The number of hydrogen-bond donors (Lipinski definition) is 2. The van der Waals surface area contributed by atoms with Crippen molar-refractivity contribution in [2.45, 2.75) is 71.7 Å². The molecule has 9 nitrogen and oxygen atoms in total. The molecule has 3 aliphatic rings. The molecule has 40 heavy (non-hydrogen) atoms. The molecule has 3 aliphatic heterocycles. The molecule has 4 N–H and O–H groups in total. The maximum Gasteiger partial charge on any atom is 0.410 e. The highest BCUT2D eigenvalue weighted by atomic mass is 16.6. The van der Waals surface area contributed by atoms with Crippen molar-refractivity contribution in [2.24, 2.45) is 0 Å². The second-order valence-electron chi connectivity index (χ2n) is 11.2. The lowest BCUT2D eigenvalue weighted by molar-refractivity contribution is -0.102. The molecule has 2 aromatic carbocycles. The van der Waals surface area contributed by atoms with E-state index in [-0.39, 0.29) is 23.9 Å². The quantitative estimate of drug-likeness (QED) is 0.454. The van der Waals surface area contributed by atoms with Crippen LogP contribution in [0.5, 0.6) is 0 Å². The standard InChI is InChI=1S/C29H37N3O5.C2H6.H3N/c1-28(2,3)37-27(34)32-12-10-29(11-13-32)19-23-5-4-22(18-24(23)20-36-29)21-6-8-25(9-7-21)30-26(33)31-14-16-35-17-15-31;1-2;/h4-9,18H,10-17,19-20H2,1-3H3,(H,30,33);1-2H3;1H3. The molecule has 2 saturated heterocycles. The number of piperidine rings is 1. The fourth-order valence-corrected chi connectivity index (χ4v) is 5.20. The Morgan fingerprint density at radius 3 is 2.12 bits per heavy atom. The summed E-state index contributed by atoms with van der Waals surface area (Å²) in [5.41, 5.74) is 4.83. The average Bonchev–Trinajstić information content (AvgIpc) is 2.94. The second-order valence-corrected chi connectivity index (χ2v) is 11.2. The molecule has 0 bridgehead atoms. The van der Waals surface area contributed by atoms with Gasteiger partial charge in [-0.15, -0.1) is 0 Å². The molecule has 3 amide bonds. The molecular formula is C31H46N4O5. The molecule has 0 atom stereocenters. The number of fused-ring (bicyclic) bond motifs is 1. The van der Waals surface area contributed by atoms with Crippen LogP contribution in [0.25, 0.3) is 11.1 Å². The lowest BCUT2D eigenvalue weighted by Crippen LogP contribution is -2.51. The van der Waals surface area contributed by atoms with Gasteiger partial charge in [-0.2, -0.15) is 0 Å². The van der Waals surface area contributed by atoms with Gasteiger partial charge in [-0.3, -0.25) is 0 Å². The normalized spacial score (nSPS) is 18.0. The van der Waals surface area contributed by atoms with Crippen LogP contribution < -0.4 is 11.5 Å². The van der Waals surface area contributed by atoms with E-state index in [9.17, 15) is 9.59 Å². The number of benzene rings is 2. The van der Waals surface area contributed by atoms with Gasteiger partial charge in [-0.05, 0) is 74.1 Å². The van der Waals surface area contributed by atoms with Gasteiger partial charge in [0.05, 0.1) is 25.4 Å². The van der Waals surface area contributed by atoms with Gasteiger partial charge in [-0.25, -0.2) is 9.59 Å². The maximum atomic E-state index is 12.4. The number of carbonyl (C=O) groups excluding carboxylic acids is 2. The van der Waals surface area contributed by atoms with Crippen LogP contribution in [-0.4, -0.2) is 72.5 Å². The van der Waals surface area contributed by atoms with Crippen molar-refractivity contribution in [1.29, 1.82) is 0 Å². The number of amides is 3. The predicted octanol–water partition coefficient (Wildman–Crippen LogP) is 6.25. The van der Waals surface area contributed by atoms with Crippen molar-refractivity contribution >= 4 is 17.8 Å². The number of nitrogens with zero attached hydrogens (tertiary/aromatic N) is 2. The van der Waals surface area contributed by atoms with E-state index in [1.54, 1.807) is 9.80 Å². The van der Waals surface area contributed by atoms with E-state index in [0.29, 0.717) is 46.0 Å². The topological polar surface area (TPSA) is 115 Å². The maximum absolute atomic E-state index is 12.4. The highest BCUT2D eigenvalue weighted by Gasteiger charge is 2.40. The Kier molecular flexibility index (Phi) is 10.6. The number of likely N-dealkylation sites (tertiary alicyclic amines) is 1. The Labute approximate surface area is 238 Å². The molecule has 0 radical (unpaired) electrons. The van der Waals surface area contributed by atoms with E-state index in [4.69, 9.17) is 14.2 Å². The van der Waals surface area contributed by atoms with Crippen LogP contribution >= 0.6 is 0 Å². The van der Waals surface area contributed by atoms with E-state index >= 15 is 0 Å². The van der Waals surface area contributed by atoms with Crippen LogP contribution in [0.1, 0.15) is 58.6 Å². The first-order valence-corrected chi connectivity index (χ1v) is 14.2. The molecule has 0 unspecified atom stereocenters. The van der Waals surface area contributed by atoms with Crippen molar-refractivity contribution in [2.75, 3.05) is 44.7 Å².